The van der Waals surface area contributed by atoms with Gasteiger partial charge in [0, 0.05) is 12.0 Å². The molecule has 0 spiro atoms. The second-order valence-corrected chi connectivity index (χ2v) is 11.6. The van der Waals surface area contributed by atoms with E-state index in [1.54, 1.807) is 0 Å². The van der Waals surface area contributed by atoms with Gasteiger partial charge in [0.15, 0.2) is 0 Å². The summed E-state index contributed by atoms with van der Waals surface area (Å²) in [6, 6.07) is 4.21. The Morgan fingerprint density at radius 1 is 1.00 bits per heavy atom. The molecule has 5 rings (SSSR count). The smallest absolute Gasteiger partial charge is 0.393 e. The SMILES string of the molecule is C[C@]12CC[C@H](O)CC1CC[C@@H]1[C@@H]2CC[C@@]2(C)[C@H]1CCC(=O)N2C(=O)c1ccc(C(F)(F)F)cc1. The van der Waals surface area contributed by atoms with Gasteiger partial charge in [-0.3, -0.25) is 14.5 Å². The minimum absolute atomic E-state index is 0.127. The van der Waals surface area contributed by atoms with Crippen LogP contribution in [-0.4, -0.2) is 33.5 Å². The van der Waals surface area contributed by atoms with E-state index in [1.165, 1.54) is 17.0 Å². The predicted octanol–water partition coefficient (Wildman–Crippen LogP) is 5.83. The quantitative estimate of drug-likeness (QED) is 0.518. The molecule has 3 saturated carbocycles. The average molecular weight is 478 g/mol. The first-order valence-corrected chi connectivity index (χ1v) is 12.7. The highest BCUT2D eigenvalue weighted by Crippen LogP contribution is 2.63. The van der Waals surface area contributed by atoms with Crippen LogP contribution in [0.4, 0.5) is 13.2 Å². The van der Waals surface area contributed by atoms with E-state index < -0.39 is 23.2 Å². The maximum absolute atomic E-state index is 13.5. The van der Waals surface area contributed by atoms with E-state index in [-0.39, 0.29) is 28.9 Å². The van der Waals surface area contributed by atoms with Crippen LogP contribution >= 0.6 is 0 Å². The second-order valence-electron chi connectivity index (χ2n) is 11.6. The Morgan fingerprint density at radius 3 is 2.38 bits per heavy atom. The van der Waals surface area contributed by atoms with Crippen molar-refractivity contribution in [2.75, 3.05) is 0 Å². The highest BCUT2D eigenvalue weighted by Gasteiger charge is 2.60. The highest BCUT2D eigenvalue weighted by molar-refractivity contribution is 6.05. The number of carbonyl (C=O) groups excluding carboxylic acids is 2. The molecule has 1 aliphatic heterocycles. The molecule has 0 bridgehead atoms. The summed E-state index contributed by atoms with van der Waals surface area (Å²) in [4.78, 5) is 28.0. The number of aliphatic hydroxyl groups excluding tert-OH is 1. The van der Waals surface area contributed by atoms with Crippen molar-refractivity contribution in [3.8, 4) is 0 Å². The Morgan fingerprint density at radius 2 is 1.71 bits per heavy atom. The molecule has 1 aromatic carbocycles. The van der Waals surface area contributed by atoms with Crippen LogP contribution in [0.15, 0.2) is 24.3 Å². The summed E-state index contributed by atoms with van der Waals surface area (Å²) in [7, 11) is 0. The molecule has 7 heteroatoms. The Balaban J connectivity index is 1.43. The van der Waals surface area contributed by atoms with Crippen molar-refractivity contribution >= 4 is 11.8 Å². The summed E-state index contributed by atoms with van der Waals surface area (Å²) in [6.07, 6.45) is 2.91. The van der Waals surface area contributed by atoms with Gasteiger partial charge in [0.2, 0.25) is 5.91 Å². The molecule has 1 N–H and O–H groups in total. The lowest BCUT2D eigenvalue weighted by atomic mass is 9.45. The number of alkyl halides is 3. The van der Waals surface area contributed by atoms with Gasteiger partial charge in [-0.1, -0.05) is 6.92 Å². The number of benzene rings is 1. The maximum Gasteiger partial charge on any atom is 0.416 e. The van der Waals surface area contributed by atoms with Gasteiger partial charge in [0.1, 0.15) is 0 Å². The average Bonchev–Trinajstić information content (AvgIpc) is 2.78. The Kier molecular flexibility index (Phi) is 5.66. The molecule has 0 radical (unpaired) electrons. The van der Waals surface area contributed by atoms with Crippen molar-refractivity contribution in [1.29, 1.82) is 0 Å². The van der Waals surface area contributed by atoms with E-state index >= 15 is 0 Å². The summed E-state index contributed by atoms with van der Waals surface area (Å²) in [5, 5.41) is 10.2. The Labute approximate surface area is 198 Å². The number of piperidine rings is 1. The van der Waals surface area contributed by atoms with Crippen LogP contribution in [0.25, 0.3) is 0 Å². The zero-order valence-electron chi connectivity index (χ0n) is 19.9. The van der Waals surface area contributed by atoms with Gasteiger partial charge >= 0.3 is 6.18 Å². The fourth-order valence-corrected chi connectivity index (χ4v) is 8.29. The van der Waals surface area contributed by atoms with Crippen molar-refractivity contribution in [1.82, 2.24) is 4.90 Å². The van der Waals surface area contributed by atoms with Crippen LogP contribution < -0.4 is 0 Å². The first-order valence-electron chi connectivity index (χ1n) is 12.7. The van der Waals surface area contributed by atoms with E-state index in [2.05, 4.69) is 6.92 Å². The van der Waals surface area contributed by atoms with Gasteiger partial charge < -0.3 is 5.11 Å². The van der Waals surface area contributed by atoms with Gasteiger partial charge in [0.05, 0.1) is 17.2 Å². The highest BCUT2D eigenvalue weighted by atomic mass is 19.4. The minimum atomic E-state index is -4.47. The molecule has 4 aliphatic rings. The fraction of sp³-hybridized carbons (Fsp3) is 0.704. The molecule has 1 aromatic rings. The summed E-state index contributed by atoms with van der Waals surface area (Å²) in [5.41, 5.74) is -1.11. The Hall–Kier alpha value is -1.89. The number of nitrogens with zero attached hydrogens (tertiary/aromatic N) is 1. The van der Waals surface area contributed by atoms with Gasteiger partial charge in [-0.25, -0.2) is 0 Å². The predicted molar refractivity (Wildman–Crippen MR) is 121 cm³/mol. The minimum Gasteiger partial charge on any atom is -0.393 e. The molecule has 0 aromatic heterocycles. The summed E-state index contributed by atoms with van der Waals surface area (Å²) >= 11 is 0. The number of hydrogen-bond acceptors (Lipinski definition) is 3. The molecule has 1 unspecified atom stereocenters. The van der Waals surface area contributed by atoms with E-state index in [9.17, 15) is 27.9 Å². The molecule has 3 aliphatic carbocycles. The third-order valence-electron chi connectivity index (χ3n) is 10.1. The molecular weight excluding hydrogens is 443 g/mol. The molecule has 4 fully saturated rings. The number of amides is 2. The van der Waals surface area contributed by atoms with Crippen LogP contribution in [-0.2, 0) is 11.0 Å². The zero-order valence-corrected chi connectivity index (χ0v) is 19.9. The zero-order chi connectivity index (χ0) is 24.5. The number of carbonyl (C=O) groups is 2. The number of halogens is 3. The molecule has 2 amide bonds. The first kappa shape index (κ1) is 23.8. The lowest BCUT2D eigenvalue weighted by Gasteiger charge is -2.63. The number of aliphatic hydroxyl groups is 1. The normalized spacial score (nSPS) is 40.2. The van der Waals surface area contributed by atoms with E-state index in [0.717, 1.165) is 63.5 Å². The van der Waals surface area contributed by atoms with E-state index in [4.69, 9.17) is 0 Å². The van der Waals surface area contributed by atoms with Crippen LogP contribution in [0.5, 0.6) is 0 Å². The molecule has 4 nitrogen and oxygen atoms in total. The third-order valence-corrected chi connectivity index (χ3v) is 10.1. The van der Waals surface area contributed by atoms with Crippen molar-refractivity contribution in [3.05, 3.63) is 35.4 Å². The van der Waals surface area contributed by atoms with Crippen LogP contribution in [0.1, 0.15) is 87.6 Å². The Bertz CT molecular complexity index is 976. The van der Waals surface area contributed by atoms with Crippen molar-refractivity contribution in [2.24, 2.45) is 29.1 Å². The largest absolute Gasteiger partial charge is 0.416 e. The number of likely N-dealkylation sites (tertiary alicyclic amines) is 1. The first-order chi connectivity index (χ1) is 15.9. The molecular formula is C27H34F3NO3. The maximum atomic E-state index is 13.5. The second kappa shape index (κ2) is 8.07. The molecule has 34 heavy (non-hydrogen) atoms. The lowest BCUT2D eigenvalue weighted by molar-refractivity contribution is -0.162. The van der Waals surface area contributed by atoms with E-state index in [0.29, 0.717) is 24.2 Å². The molecule has 1 saturated heterocycles. The standard InChI is InChI=1S/C27H34F3NO3/c1-25-13-11-19(32)15-18(25)7-8-20-21(25)12-14-26(2)22(20)9-10-23(33)31(26)24(34)16-3-5-17(6-4-16)27(28,29)30/h3-6,18-22,32H,7-15H2,1-2H3/t18?,19-,20+,21-,22-,25-,26-/m0/s1. The number of imide groups is 1. The number of hydrogen-bond donors (Lipinski definition) is 1. The van der Waals surface area contributed by atoms with Crippen LogP contribution in [0.2, 0.25) is 0 Å². The van der Waals surface area contributed by atoms with Crippen molar-refractivity contribution in [3.63, 3.8) is 0 Å². The molecule has 7 atom stereocenters. The number of fused-ring (bicyclic) bond motifs is 5. The number of rotatable bonds is 1. The van der Waals surface area contributed by atoms with Gasteiger partial charge in [-0.05, 0) is 112 Å². The molecule has 186 valence electrons. The topological polar surface area (TPSA) is 57.6 Å². The lowest BCUT2D eigenvalue weighted by Crippen LogP contribution is -2.66. The summed E-state index contributed by atoms with van der Waals surface area (Å²) in [6.45, 7) is 4.41. The van der Waals surface area contributed by atoms with Crippen molar-refractivity contribution in [2.45, 2.75) is 89.5 Å². The fourth-order valence-electron chi connectivity index (χ4n) is 8.29. The summed E-state index contributed by atoms with van der Waals surface area (Å²) in [5.74, 6) is 0.969. The van der Waals surface area contributed by atoms with Crippen molar-refractivity contribution < 1.29 is 27.9 Å². The van der Waals surface area contributed by atoms with Crippen LogP contribution in [0, 0.1) is 29.1 Å². The van der Waals surface area contributed by atoms with Gasteiger partial charge in [0.25, 0.3) is 5.91 Å². The monoisotopic (exact) mass is 477 g/mol. The third kappa shape index (κ3) is 3.61. The molecule has 1 heterocycles. The van der Waals surface area contributed by atoms with Gasteiger partial charge in [-0.2, -0.15) is 13.2 Å². The van der Waals surface area contributed by atoms with Gasteiger partial charge in [-0.15, -0.1) is 0 Å². The van der Waals surface area contributed by atoms with Crippen LogP contribution in [0.3, 0.4) is 0 Å². The van der Waals surface area contributed by atoms with E-state index in [1.807, 2.05) is 6.92 Å². The summed E-state index contributed by atoms with van der Waals surface area (Å²) < 4.78 is 39.0.